The maximum atomic E-state index is 13.0. The first kappa shape index (κ1) is 30.0. The van der Waals surface area contributed by atoms with Crippen molar-refractivity contribution in [3.05, 3.63) is 144 Å². The Bertz CT molecular complexity index is 1260. The van der Waals surface area contributed by atoms with E-state index in [-0.39, 0.29) is 33.0 Å². The highest BCUT2D eigenvalue weighted by atomic mass is 16.6. The van der Waals surface area contributed by atoms with Crippen LogP contribution in [-0.2, 0) is 45.4 Å². The van der Waals surface area contributed by atoms with Crippen molar-refractivity contribution in [2.24, 2.45) is 0 Å². The third kappa shape index (κ3) is 10.5. The predicted octanol–water partition coefficient (Wildman–Crippen LogP) is 5.66. The fourth-order valence-electron chi connectivity index (χ4n) is 4.29. The van der Waals surface area contributed by atoms with Gasteiger partial charge in [-0.05, 0) is 22.3 Å². The van der Waals surface area contributed by atoms with Crippen LogP contribution in [-0.4, -0.2) is 42.7 Å². The summed E-state index contributed by atoms with van der Waals surface area (Å²) in [6.45, 7) is 0.786. The van der Waals surface area contributed by atoms with Crippen LogP contribution in [0.2, 0.25) is 0 Å². The highest BCUT2D eigenvalue weighted by molar-refractivity contribution is 5.67. The summed E-state index contributed by atoms with van der Waals surface area (Å²) in [4.78, 5) is 13.0. The molecule has 0 saturated carbocycles. The number of hydrogen-bond donors (Lipinski definition) is 2. The van der Waals surface area contributed by atoms with Crippen LogP contribution in [0.15, 0.2) is 121 Å². The molecule has 0 bridgehead atoms. The Labute approximate surface area is 241 Å². The number of aliphatic hydroxyl groups is 1. The maximum absolute atomic E-state index is 13.0. The van der Waals surface area contributed by atoms with Gasteiger partial charge in [0.15, 0.2) is 0 Å². The smallest absolute Gasteiger partial charge is 0.407 e. The summed E-state index contributed by atoms with van der Waals surface area (Å²) in [7, 11) is 0. The van der Waals surface area contributed by atoms with Gasteiger partial charge in [-0.1, -0.05) is 121 Å². The number of benzene rings is 4. The van der Waals surface area contributed by atoms with Crippen molar-refractivity contribution in [3.8, 4) is 0 Å². The van der Waals surface area contributed by atoms with Crippen LogP contribution in [0.25, 0.3) is 0 Å². The number of ether oxygens (including phenoxy) is 4. The van der Waals surface area contributed by atoms with Gasteiger partial charge in [0, 0.05) is 0 Å². The molecule has 0 fully saturated rings. The van der Waals surface area contributed by atoms with Crippen molar-refractivity contribution < 1.29 is 28.8 Å². The average molecular weight is 556 g/mol. The number of alkyl carbamates (subject to hydrolysis) is 1. The maximum Gasteiger partial charge on any atom is 0.407 e. The first-order valence-electron chi connectivity index (χ1n) is 13.7. The molecular weight excluding hydrogens is 518 g/mol. The van der Waals surface area contributed by atoms with E-state index in [0.29, 0.717) is 6.61 Å². The van der Waals surface area contributed by atoms with Crippen LogP contribution in [0.3, 0.4) is 0 Å². The number of hydrogen-bond acceptors (Lipinski definition) is 6. The van der Waals surface area contributed by atoms with E-state index < -0.39 is 24.3 Å². The van der Waals surface area contributed by atoms with Gasteiger partial charge in [-0.2, -0.15) is 0 Å². The third-order valence-electron chi connectivity index (χ3n) is 6.46. The molecule has 0 heterocycles. The van der Waals surface area contributed by atoms with Crippen LogP contribution in [0.4, 0.5) is 4.79 Å². The second kappa shape index (κ2) is 16.9. The highest BCUT2D eigenvalue weighted by Gasteiger charge is 2.33. The molecule has 0 aliphatic rings. The zero-order valence-corrected chi connectivity index (χ0v) is 23.0. The number of carbonyl (C=O) groups excluding carboxylic acids is 1. The largest absolute Gasteiger partial charge is 0.445 e. The van der Waals surface area contributed by atoms with E-state index in [4.69, 9.17) is 18.9 Å². The van der Waals surface area contributed by atoms with Crippen molar-refractivity contribution in [3.63, 3.8) is 0 Å². The first-order valence-corrected chi connectivity index (χ1v) is 13.7. The highest BCUT2D eigenvalue weighted by Crippen LogP contribution is 2.17. The van der Waals surface area contributed by atoms with Crippen LogP contribution in [0, 0.1) is 0 Å². The van der Waals surface area contributed by atoms with E-state index in [1.165, 1.54) is 0 Å². The molecule has 0 unspecified atom stereocenters. The Morgan fingerprint density at radius 3 is 1.54 bits per heavy atom. The standard InChI is InChI=1S/C34H37NO6/c36-21-32(39-23-28-15-7-2-8-16-28)33(40-24-29-17-9-3-10-18-29)31(26-38-22-27-13-5-1-6-14-27)35-34(37)41-25-30-19-11-4-12-20-30/h1-20,31-33,36H,21-26H2,(H,35,37)/t31-,32-,33-/m1/s1. The lowest BCUT2D eigenvalue weighted by molar-refractivity contribution is -0.124. The summed E-state index contributed by atoms with van der Waals surface area (Å²) in [6, 6.07) is 38.0. The number of aliphatic hydroxyl groups excluding tert-OH is 1. The molecule has 7 heteroatoms. The van der Waals surface area contributed by atoms with Crippen molar-refractivity contribution in [2.75, 3.05) is 13.2 Å². The molecule has 7 nitrogen and oxygen atoms in total. The van der Waals surface area contributed by atoms with E-state index in [0.717, 1.165) is 22.3 Å². The normalized spacial score (nSPS) is 13.2. The summed E-state index contributed by atoms with van der Waals surface area (Å²) in [6.07, 6.45) is -2.11. The molecule has 41 heavy (non-hydrogen) atoms. The van der Waals surface area contributed by atoms with Gasteiger partial charge in [-0.3, -0.25) is 0 Å². The van der Waals surface area contributed by atoms with Crippen LogP contribution in [0.5, 0.6) is 0 Å². The Kier molecular flexibility index (Phi) is 12.4. The molecule has 4 aromatic carbocycles. The quantitative estimate of drug-likeness (QED) is 0.186. The fourth-order valence-corrected chi connectivity index (χ4v) is 4.29. The van der Waals surface area contributed by atoms with Crippen molar-refractivity contribution >= 4 is 6.09 Å². The molecule has 0 aromatic heterocycles. The summed E-state index contributed by atoms with van der Waals surface area (Å²) in [5.41, 5.74) is 3.78. The van der Waals surface area contributed by atoms with Crippen LogP contribution >= 0.6 is 0 Å². The van der Waals surface area contributed by atoms with E-state index in [9.17, 15) is 9.90 Å². The molecule has 1 amide bonds. The number of carbonyl (C=O) groups is 1. The number of amides is 1. The molecule has 0 aliphatic carbocycles. The Morgan fingerprint density at radius 1 is 0.610 bits per heavy atom. The minimum atomic E-state index is -0.751. The Morgan fingerprint density at radius 2 is 1.05 bits per heavy atom. The number of nitrogens with one attached hydrogen (secondary N) is 1. The van der Waals surface area contributed by atoms with Crippen molar-refractivity contribution in [1.82, 2.24) is 5.32 Å². The zero-order chi connectivity index (χ0) is 28.5. The molecule has 4 aromatic rings. The SMILES string of the molecule is O=C(N[C@H](COCc1ccccc1)[C@@H](OCc1ccccc1)[C@@H](CO)OCc1ccccc1)OCc1ccccc1. The van der Waals surface area contributed by atoms with E-state index >= 15 is 0 Å². The topological polar surface area (TPSA) is 86.3 Å². The van der Waals surface area contributed by atoms with Gasteiger partial charge in [-0.15, -0.1) is 0 Å². The minimum Gasteiger partial charge on any atom is -0.445 e. The summed E-state index contributed by atoms with van der Waals surface area (Å²) in [5.74, 6) is 0. The molecule has 0 saturated heterocycles. The minimum absolute atomic E-state index is 0.111. The van der Waals surface area contributed by atoms with Gasteiger partial charge in [0.1, 0.15) is 18.8 Å². The summed E-state index contributed by atoms with van der Waals surface area (Å²) >= 11 is 0. The molecule has 3 atom stereocenters. The average Bonchev–Trinajstić information content (AvgIpc) is 3.03. The van der Waals surface area contributed by atoms with Gasteiger partial charge in [0.25, 0.3) is 0 Å². The fraction of sp³-hybridized carbons (Fsp3) is 0.265. The lowest BCUT2D eigenvalue weighted by atomic mass is 10.1. The van der Waals surface area contributed by atoms with Gasteiger partial charge in [0.2, 0.25) is 0 Å². The molecule has 2 N–H and O–H groups in total. The lowest BCUT2D eigenvalue weighted by Crippen LogP contribution is -2.54. The molecule has 4 rings (SSSR count). The monoisotopic (exact) mass is 555 g/mol. The van der Waals surface area contributed by atoms with E-state index in [2.05, 4.69) is 5.32 Å². The lowest BCUT2D eigenvalue weighted by Gasteiger charge is -2.33. The van der Waals surface area contributed by atoms with Gasteiger partial charge in [0.05, 0.1) is 39.1 Å². The predicted molar refractivity (Wildman–Crippen MR) is 157 cm³/mol. The second-order valence-corrected chi connectivity index (χ2v) is 9.59. The second-order valence-electron chi connectivity index (χ2n) is 9.59. The van der Waals surface area contributed by atoms with E-state index in [1.54, 1.807) is 0 Å². The number of rotatable bonds is 16. The summed E-state index contributed by atoms with van der Waals surface area (Å²) < 4.78 is 24.1. The van der Waals surface area contributed by atoms with Crippen molar-refractivity contribution in [2.45, 2.75) is 44.7 Å². The molecule has 0 spiro atoms. The Hall–Kier alpha value is -4.01. The zero-order valence-electron chi connectivity index (χ0n) is 23.0. The van der Waals surface area contributed by atoms with Crippen LogP contribution in [0.1, 0.15) is 22.3 Å². The van der Waals surface area contributed by atoms with Crippen molar-refractivity contribution in [1.29, 1.82) is 0 Å². The van der Waals surface area contributed by atoms with Gasteiger partial charge in [-0.25, -0.2) is 4.79 Å². The Balaban J connectivity index is 1.50. The summed E-state index contributed by atoms with van der Waals surface area (Å²) in [5, 5.41) is 13.3. The molecule has 214 valence electrons. The van der Waals surface area contributed by atoms with Gasteiger partial charge >= 0.3 is 6.09 Å². The third-order valence-corrected chi connectivity index (χ3v) is 6.46. The molecule has 0 aliphatic heterocycles. The molecule has 0 radical (unpaired) electrons. The first-order chi connectivity index (χ1) is 20.2. The van der Waals surface area contributed by atoms with Crippen LogP contribution < -0.4 is 5.32 Å². The van der Waals surface area contributed by atoms with Gasteiger partial charge < -0.3 is 29.4 Å². The molecular formula is C34H37NO6. The van der Waals surface area contributed by atoms with E-state index in [1.807, 2.05) is 121 Å².